The molecular formula is C20H17FN4O. The van der Waals surface area contributed by atoms with Crippen molar-refractivity contribution in [1.29, 1.82) is 0 Å². The average Bonchev–Trinajstić information content (AvgIpc) is 3.05. The molecule has 1 fully saturated rings. The van der Waals surface area contributed by atoms with Crippen molar-refractivity contribution in [3.63, 3.8) is 0 Å². The van der Waals surface area contributed by atoms with Crippen LogP contribution in [-0.4, -0.2) is 27.6 Å². The minimum Gasteiger partial charge on any atom is -0.295 e. The Morgan fingerprint density at radius 1 is 1.00 bits per heavy atom. The fourth-order valence-electron chi connectivity index (χ4n) is 3.21. The number of hydrogen-bond acceptors (Lipinski definition) is 4. The molecular weight excluding hydrogens is 331 g/mol. The van der Waals surface area contributed by atoms with Crippen LogP contribution in [0.4, 0.5) is 10.2 Å². The van der Waals surface area contributed by atoms with Gasteiger partial charge in [-0.1, -0.05) is 12.1 Å². The molecule has 130 valence electrons. The number of nitrogens with zero attached hydrogens (tertiary/aromatic N) is 4. The molecule has 1 saturated heterocycles. The van der Waals surface area contributed by atoms with Gasteiger partial charge in [-0.3, -0.25) is 14.7 Å². The smallest absolute Gasteiger partial charge is 0.231 e. The lowest BCUT2D eigenvalue weighted by molar-refractivity contribution is -0.120. The Morgan fingerprint density at radius 3 is 2.46 bits per heavy atom. The van der Waals surface area contributed by atoms with E-state index in [1.165, 1.54) is 12.1 Å². The number of carbonyl (C=O) groups is 1. The minimum atomic E-state index is -0.266. The monoisotopic (exact) mass is 348 g/mol. The van der Waals surface area contributed by atoms with Crippen LogP contribution in [0.5, 0.6) is 0 Å². The Hall–Kier alpha value is -3.15. The summed E-state index contributed by atoms with van der Waals surface area (Å²) >= 11 is 0. The van der Waals surface area contributed by atoms with E-state index in [9.17, 15) is 9.18 Å². The number of pyridine rings is 1. The molecule has 0 saturated carbocycles. The molecule has 1 atom stereocenters. The van der Waals surface area contributed by atoms with E-state index < -0.39 is 0 Å². The van der Waals surface area contributed by atoms with Crippen LogP contribution < -0.4 is 4.90 Å². The fraction of sp³-hybridized carbons (Fsp3) is 0.200. The predicted molar refractivity (Wildman–Crippen MR) is 95.8 cm³/mol. The summed E-state index contributed by atoms with van der Waals surface area (Å²) < 4.78 is 13.0. The molecule has 3 aromatic rings. The van der Waals surface area contributed by atoms with Crippen LogP contribution in [0.15, 0.2) is 60.9 Å². The van der Waals surface area contributed by atoms with Crippen LogP contribution in [0.1, 0.15) is 12.0 Å². The molecule has 1 aliphatic rings. The zero-order chi connectivity index (χ0) is 17.9. The molecule has 0 radical (unpaired) electrons. The molecule has 1 aromatic carbocycles. The highest BCUT2D eigenvalue weighted by Gasteiger charge is 2.33. The van der Waals surface area contributed by atoms with Crippen molar-refractivity contribution in [1.82, 2.24) is 15.2 Å². The van der Waals surface area contributed by atoms with Crippen LogP contribution in [0, 0.1) is 11.7 Å². The van der Waals surface area contributed by atoms with Gasteiger partial charge in [0.05, 0.1) is 5.69 Å². The maximum absolute atomic E-state index is 13.0. The van der Waals surface area contributed by atoms with E-state index in [1.54, 1.807) is 29.4 Å². The Morgan fingerprint density at radius 2 is 1.77 bits per heavy atom. The number of rotatable bonds is 4. The van der Waals surface area contributed by atoms with Gasteiger partial charge in [0.1, 0.15) is 5.82 Å². The van der Waals surface area contributed by atoms with Crippen molar-refractivity contribution in [2.24, 2.45) is 5.92 Å². The van der Waals surface area contributed by atoms with E-state index in [-0.39, 0.29) is 17.6 Å². The van der Waals surface area contributed by atoms with Gasteiger partial charge in [-0.25, -0.2) is 4.39 Å². The highest BCUT2D eigenvalue weighted by molar-refractivity contribution is 5.96. The summed E-state index contributed by atoms with van der Waals surface area (Å²) in [5, 5.41) is 8.46. The number of hydrogen-bond donors (Lipinski definition) is 0. The van der Waals surface area contributed by atoms with Gasteiger partial charge in [0.15, 0.2) is 5.82 Å². The van der Waals surface area contributed by atoms with Gasteiger partial charge in [0.25, 0.3) is 0 Å². The number of halogens is 1. The lowest BCUT2D eigenvalue weighted by Gasteiger charge is -2.15. The summed E-state index contributed by atoms with van der Waals surface area (Å²) in [6.07, 6.45) is 4.77. The first kappa shape index (κ1) is 16.3. The third-order valence-electron chi connectivity index (χ3n) is 4.61. The molecule has 0 aliphatic carbocycles. The van der Waals surface area contributed by atoms with E-state index in [0.29, 0.717) is 18.8 Å². The van der Waals surface area contributed by atoms with Gasteiger partial charge < -0.3 is 0 Å². The quantitative estimate of drug-likeness (QED) is 0.726. The first-order valence-electron chi connectivity index (χ1n) is 8.50. The first-order chi connectivity index (χ1) is 12.7. The van der Waals surface area contributed by atoms with Crippen molar-refractivity contribution >= 4 is 11.7 Å². The Kier molecular flexibility index (Phi) is 4.39. The third kappa shape index (κ3) is 3.31. The van der Waals surface area contributed by atoms with Crippen LogP contribution in [-0.2, 0) is 11.2 Å². The maximum Gasteiger partial charge on any atom is 0.231 e. The molecule has 1 amide bonds. The van der Waals surface area contributed by atoms with Gasteiger partial charge in [-0.2, -0.15) is 0 Å². The Labute approximate surface area is 150 Å². The van der Waals surface area contributed by atoms with Crippen molar-refractivity contribution in [3.8, 4) is 11.3 Å². The molecule has 1 aliphatic heterocycles. The molecule has 4 rings (SSSR count). The molecule has 0 spiro atoms. The van der Waals surface area contributed by atoms with Gasteiger partial charge in [-0.05, 0) is 54.8 Å². The summed E-state index contributed by atoms with van der Waals surface area (Å²) in [4.78, 5) is 18.4. The van der Waals surface area contributed by atoms with Gasteiger partial charge in [0.2, 0.25) is 5.91 Å². The zero-order valence-corrected chi connectivity index (χ0v) is 14.0. The predicted octanol–water partition coefficient (Wildman–Crippen LogP) is 3.27. The van der Waals surface area contributed by atoms with E-state index in [4.69, 9.17) is 0 Å². The average molecular weight is 348 g/mol. The summed E-state index contributed by atoms with van der Waals surface area (Å²) in [6.45, 7) is 0.619. The third-order valence-corrected chi connectivity index (χ3v) is 4.61. The molecule has 0 bridgehead atoms. The molecule has 6 heteroatoms. The largest absolute Gasteiger partial charge is 0.295 e. The summed E-state index contributed by atoms with van der Waals surface area (Å²) in [6, 6.07) is 13.7. The van der Waals surface area contributed by atoms with E-state index >= 15 is 0 Å². The number of amides is 1. The Balaban J connectivity index is 1.47. The minimum absolute atomic E-state index is 0.0419. The van der Waals surface area contributed by atoms with Gasteiger partial charge in [-0.15, -0.1) is 10.2 Å². The summed E-state index contributed by atoms with van der Waals surface area (Å²) in [5.74, 6) is 0.231. The molecule has 3 heterocycles. The molecule has 5 nitrogen and oxygen atoms in total. The molecule has 0 N–H and O–H groups in total. The number of anilines is 1. The fourth-order valence-corrected chi connectivity index (χ4v) is 3.21. The van der Waals surface area contributed by atoms with E-state index in [0.717, 1.165) is 23.2 Å². The highest BCUT2D eigenvalue weighted by Crippen LogP contribution is 2.27. The molecule has 2 aromatic heterocycles. The lowest BCUT2D eigenvalue weighted by Crippen LogP contribution is -2.28. The SMILES string of the molecule is O=C1C(Cc2ccc(F)cc2)CCN1c1ccc(-c2ccncc2)nn1. The number of benzene rings is 1. The van der Waals surface area contributed by atoms with E-state index in [1.807, 2.05) is 24.3 Å². The topological polar surface area (TPSA) is 59.0 Å². The maximum atomic E-state index is 13.0. The van der Waals surface area contributed by atoms with Crippen LogP contribution in [0.3, 0.4) is 0 Å². The second-order valence-corrected chi connectivity index (χ2v) is 6.32. The van der Waals surface area contributed by atoms with Gasteiger partial charge in [0, 0.05) is 30.4 Å². The summed E-state index contributed by atoms with van der Waals surface area (Å²) in [7, 11) is 0. The normalized spacial score (nSPS) is 16.9. The van der Waals surface area contributed by atoms with Gasteiger partial charge >= 0.3 is 0 Å². The van der Waals surface area contributed by atoms with Crippen LogP contribution in [0.25, 0.3) is 11.3 Å². The van der Waals surface area contributed by atoms with Crippen molar-refractivity contribution < 1.29 is 9.18 Å². The van der Waals surface area contributed by atoms with Crippen molar-refractivity contribution in [2.45, 2.75) is 12.8 Å². The number of aromatic nitrogens is 3. The van der Waals surface area contributed by atoms with Crippen LogP contribution >= 0.6 is 0 Å². The lowest BCUT2D eigenvalue weighted by atomic mass is 9.98. The summed E-state index contributed by atoms with van der Waals surface area (Å²) in [5.41, 5.74) is 2.64. The van der Waals surface area contributed by atoms with E-state index in [2.05, 4.69) is 15.2 Å². The highest BCUT2D eigenvalue weighted by atomic mass is 19.1. The molecule has 1 unspecified atom stereocenters. The number of carbonyl (C=O) groups excluding carboxylic acids is 1. The molecule has 26 heavy (non-hydrogen) atoms. The van der Waals surface area contributed by atoms with Crippen molar-refractivity contribution in [2.75, 3.05) is 11.4 Å². The second-order valence-electron chi connectivity index (χ2n) is 6.32. The van der Waals surface area contributed by atoms with Crippen LogP contribution in [0.2, 0.25) is 0 Å². The first-order valence-corrected chi connectivity index (χ1v) is 8.50. The van der Waals surface area contributed by atoms with Crippen molar-refractivity contribution in [3.05, 3.63) is 72.3 Å². The second kappa shape index (κ2) is 7.00. The standard InChI is InChI=1S/C20H17FN4O/c21-17-3-1-14(2-4-17)13-16-9-12-25(20(16)26)19-6-5-18(23-24-19)15-7-10-22-11-8-15/h1-8,10-11,16H,9,12-13H2. The Bertz CT molecular complexity index is 897. The zero-order valence-electron chi connectivity index (χ0n) is 14.0.